The number of nitrogens with zero attached hydrogens (tertiary/aromatic N) is 1. The van der Waals surface area contributed by atoms with Gasteiger partial charge in [0.15, 0.2) is 5.17 Å². The topological polar surface area (TPSA) is 32.6 Å². The van der Waals surface area contributed by atoms with Crippen LogP contribution in [-0.2, 0) is 0 Å². The molecular weight excluding hydrogens is 220 g/mol. The van der Waals surface area contributed by atoms with Crippen LogP contribution in [0.15, 0.2) is 23.4 Å². The third kappa shape index (κ3) is 2.03. The van der Waals surface area contributed by atoms with Crippen molar-refractivity contribution in [1.29, 1.82) is 0 Å². The van der Waals surface area contributed by atoms with Crippen LogP contribution in [0.1, 0.15) is 5.56 Å². The molecule has 0 spiro atoms. The summed E-state index contributed by atoms with van der Waals surface area (Å²) in [6.07, 6.45) is 0. The van der Waals surface area contributed by atoms with Gasteiger partial charge in [0.2, 0.25) is 0 Å². The van der Waals surface area contributed by atoms with Crippen molar-refractivity contribution in [1.82, 2.24) is 0 Å². The van der Waals surface area contributed by atoms with Crippen LogP contribution >= 0.6 is 34.8 Å². The Morgan fingerprint density at radius 2 is 1.92 bits per heavy atom. The molecule has 0 saturated heterocycles. The molecule has 0 saturated carbocycles. The first-order chi connectivity index (χ1) is 5.65. The SMILES string of the molecule is ON=C(Cl)c1ccc(Cl)c(Cl)c1. The summed E-state index contributed by atoms with van der Waals surface area (Å²) in [5.41, 5.74) is 0.522. The molecule has 1 aromatic rings. The summed E-state index contributed by atoms with van der Waals surface area (Å²) in [6.45, 7) is 0. The summed E-state index contributed by atoms with van der Waals surface area (Å²) < 4.78 is 0. The fraction of sp³-hybridized carbons (Fsp3) is 0. The van der Waals surface area contributed by atoms with Gasteiger partial charge in [-0.3, -0.25) is 0 Å². The first-order valence-corrected chi connectivity index (χ1v) is 4.11. The highest BCUT2D eigenvalue weighted by Crippen LogP contribution is 2.23. The lowest BCUT2D eigenvalue weighted by molar-refractivity contribution is 0.321. The summed E-state index contributed by atoms with van der Waals surface area (Å²) in [7, 11) is 0. The predicted molar refractivity (Wildman–Crippen MR) is 50.6 cm³/mol. The van der Waals surface area contributed by atoms with Gasteiger partial charge >= 0.3 is 0 Å². The van der Waals surface area contributed by atoms with E-state index in [9.17, 15) is 0 Å². The number of rotatable bonds is 1. The second-order valence-electron chi connectivity index (χ2n) is 2.02. The number of hydrogen-bond donors (Lipinski definition) is 1. The van der Waals surface area contributed by atoms with Crippen molar-refractivity contribution < 1.29 is 5.21 Å². The van der Waals surface area contributed by atoms with E-state index in [1.807, 2.05) is 0 Å². The van der Waals surface area contributed by atoms with Gasteiger partial charge in [-0.15, -0.1) is 0 Å². The van der Waals surface area contributed by atoms with E-state index in [1.54, 1.807) is 12.1 Å². The molecule has 2 nitrogen and oxygen atoms in total. The third-order valence-electron chi connectivity index (χ3n) is 1.25. The smallest absolute Gasteiger partial charge is 0.175 e. The molecule has 0 radical (unpaired) electrons. The van der Waals surface area contributed by atoms with E-state index < -0.39 is 0 Å². The fourth-order valence-electron chi connectivity index (χ4n) is 0.682. The Balaban J connectivity index is 3.13. The molecule has 0 aliphatic carbocycles. The minimum atomic E-state index is -0.0198. The summed E-state index contributed by atoms with van der Waals surface area (Å²) in [4.78, 5) is 0. The van der Waals surface area contributed by atoms with Crippen LogP contribution < -0.4 is 0 Å². The van der Waals surface area contributed by atoms with Gasteiger partial charge < -0.3 is 5.21 Å². The molecule has 0 heterocycles. The Labute approximate surface area is 84.3 Å². The summed E-state index contributed by atoms with van der Waals surface area (Å²) in [5.74, 6) is 0. The van der Waals surface area contributed by atoms with Gasteiger partial charge in [0.1, 0.15) is 0 Å². The molecule has 0 amide bonds. The second kappa shape index (κ2) is 3.99. The molecule has 1 N–H and O–H groups in total. The minimum absolute atomic E-state index is 0.0198. The largest absolute Gasteiger partial charge is 0.410 e. The maximum atomic E-state index is 8.33. The Bertz CT molecular complexity index is 324. The van der Waals surface area contributed by atoms with Crippen molar-refractivity contribution in [3.05, 3.63) is 33.8 Å². The van der Waals surface area contributed by atoms with Gasteiger partial charge in [-0.05, 0) is 12.1 Å². The monoisotopic (exact) mass is 223 g/mol. The van der Waals surface area contributed by atoms with E-state index >= 15 is 0 Å². The van der Waals surface area contributed by atoms with Crippen molar-refractivity contribution >= 4 is 40.0 Å². The van der Waals surface area contributed by atoms with Crippen molar-refractivity contribution in [2.24, 2.45) is 5.16 Å². The number of halogens is 3. The van der Waals surface area contributed by atoms with Crippen molar-refractivity contribution in [3.63, 3.8) is 0 Å². The zero-order chi connectivity index (χ0) is 9.14. The summed E-state index contributed by atoms with van der Waals surface area (Å²) in [5, 5.41) is 11.9. The number of hydrogen-bond acceptors (Lipinski definition) is 2. The highest BCUT2D eigenvalue weighted by atomic mass is 35.5. The van der Waals surface area contributed by atoms with Crippen LogP contribution in [0.4, 0.5) is 0 Å². The maximum Gasteiger partial charge on any atom is 0.175 e. The van der Waals surface area contributed by atoms with Crippen LogP contribution in [0.3, 0.4) is 0 Å². The predicted octanol–water partition coefficient (Wildman–Crippen LogP) is 3.37. The normalized spacial score (nSPS) is 11.8. The van der Waals surface area contributed by atoms with Gasteiger partial charge in [-0.1, -0.05) is 46.0 Å². The molecule has 0 aromatic heterocycles. The molecule has 0 aliphatic rings. The molecule has 0 atom stereocenters. The fourth-order valence-corrected chi connectivity index (χ4v) is 1.10. The summed E-state index contributed by atoms with van der Waals surface area (Å²) in [6, 6.07) is 4.70. The van der Waals surface area contributed by atoms with Gasteiger partial charge in [-0.2, -0.15) is 0 Å². The molecule has 12 heavy (non-hydrogen) atoms. The Kier molecular flexibility index (Phi) is 3.20. The van der Waals surface area contributed by atoms with Gasteiger partial charge in [0, 0.05) is 5.56 Å². The number of benzene rings is 1. The molecule has 64 valence electrons. The van der Waals surface area contributed by atoms with Crippen LogP contribution in [0.2, 0.25) is 10.0 Å². The quantitative estimate of drug-likeness (QED) is 0.443. The first-order valence-electron chi connectivity index (χ1n) is 2.98. The van der Waals surface area contributed by atoms with Crippen LogP contribution in [0.25, 0.3) is 0 Å². The molecule has 0 fully saturated rings. The Morgan fingerprint density at radius 1 is 1.25 bits per heavy atom. The average molecular weight is 224 g/mol. The van der Waals surface area contributed by atoms with Crippen molar-refractivity contribution in [2.75, 3.05) is 0 Å². The minimum Gasteiger partial charge on any atom is -0.410 e. The Hall–Kier alpha value is -0.440. The molecule has 0 unspecified atom stereocenters. The highest BCUT2D eigenvalue weighted by molar-refractivity contribution is 6.69. The van der Waals surface area contributed by atoms with E-state index in [0.29, 0.717) is 15.6 Å². The maximum absolute atomic E-state index is 8.33. The summed E-state index contributed by atoms with van der Waals surface area (Å²) >= 11 is 16.9. The van der Waals surface area contributed by atoms with Gasteiger partial charge in [0.05, 0.1) is 10.0 Å². The molecule has 0 bridgehead atoms. The highest BCUT2D eigenvalue weighted by Gasteiger charge is 2.03. The number of oxime groups is 1. The first kappa shape index (κ1) is 9.65. The zero-order valence-electron chi connectivity index (χ0n) is 5.76. The third-order valence-corrected chi connectivity index (χ3v) is 2.28. The van der Waals surface area contributed by atoms with Crippen LogP contribution in [0, 0.1) is 0 Å². The molecular formula is C7H4Cl3NO. The average Bonchev–Trinajstić information content (AvgIpc) is 2.08. The molecule has 0 aliphatic heterocycles. The standard InChI is InChI=1S/C7H4Cl3NO/c8-5-2-1-4(3-6(5)9)7(10)11-12/h1-3,12H. The lowest BCUT2D eigenvalue weighted by Crippen LogP contribution is -1.90. The van der Waals surface area contributed by atoms with Gasteiger partial charge in [-0.25, -0.2) is 0 Å². The molecule has 5 heteroatoms. The van der Waals surface area contributed by atoms with E-state index in [2.05, 4.69) is 5.16 Å². The lowest BCUT2D eigenvalue weighted by atomic mass is 10.2. The van der Waals surface area contributed by atoms with E-state index in [1.165, 1.54) is 6.07 Å². The molecule has 1 aromatic carbocycles. The van der Waals surface area contributed by atoms with Gasteiger partial charge in [0.25, 0.3) is 0 Å². The Morgan fingerprint density at radius 3 is 2.42 bits per heavy atom. The van der Waals surface area contributed by atoms with Crippen molar-refractivity contribution in [3.8, 4) is 0 Å². The van der Waals surface area contributed by atoms with E-state index in [0.717, 1.165) is 0 Å². The zero-order valence-corrected chi connectivity index (χ0v) is 8.03. The van der Waals surface area contributed by atoms with Crippen LogP contribution in [-0.4, -0.2) is 10.4 Å². The van der Waals surface area contributed by atoms with E-state index in [-0.39, 0.29) is 5.17 Å². The van der Waals surface area contributed by atoms with E-state index in [4.69, 9.17) is 40.0 Å². The van der Waals surface area contributed by atoms with Crippen molar-refractivity contribution in [2.45, 2.75) is 0 Å². The van der Waals surface area contributed by atoms with Crippen LogP contribution in [0.5, 0.6) is 0 Å². The second-order valence-corrected chi connectivity index (χ2v) is 3.19. The lowest BCUT2D eigenvalue weighted by Gasteiger charge is -1.98. The molecule has 1 rings (SSSR count).